The summed E-state index contributed by atoms with van der Waals surface area (Å²) in [6.45, 7) is 9.27. The molecule has 2 amide bonds. The Morgan fingerprint density at radius 1 is 1.19 bits per heavy atom. The predicted molar refractivity (Wildman–Crippen MR) is 83.7 cm³/mol. The van der Waals surface area contributed by atoms with Gasteiger partial charge in [-0.1, -0.05) is 40.5 Å². The maximum absolute atomic E-state index is 12.8. The molecular formula is C17H30N2O2. The summed E-state index contributed by atoms with van der Waals surface area (Å²) in [5.74, 6) is 1.52. The van der Waals surface area contributed by atoms with Crippen LogP contribution >= 0.6 is 0 Å². The second-order valence-electron chi connectivity index (χ2n) is 7.15. The van der Waals surface area contributed by atoms with Crippen LogP contribution in [-0.2, 0) is 9.59 Å². The van der Waals surface area contributed by atoms with Gasteiger partial charge in [-0.15, -0.1) is 0 Å². The van der Waals surface area contributed by atoms with Crippen molar-refractivity contribution in [2.45, 2.75) is 71.9 Å². The minimum Gasteiger partial charge on any atom is -0.342 e. The molecule has 2 aliphatic rings. The van der Waals surface area contributed by atoms with Crippen molar-refractivity contribution in [3.05, 3.63) is 0 Å². The highest BCUT2D eigenvalue weighted by Gasteiger charge is 2.47. The lowest BCUT2D eigenvalue weighted by Crippen LogP contribution is -2.64. The molecule has 2 unspecified atom stereocenters. The number of nitrogens with zero attached hydrogens (tertiary/aromatic N) is 1. The Balaban J connectivity index is 2.15. The van der Waals surface area contributed by atoms with Crippen molar-refractivity contribution in [2.75, 3.05) is 6.54 Å². The van der Waals surface area contributed by atoms with Gasteiger partial charge in [-0.05, 0) is 37.0 Å². The second kappa shape index (κ2) is 6.80. The first-order valence-corrected chi connectivity index (χ1v) is 8.58. The van der Waals surface area contributed by atoms with Crippen molar-refractivity contribution >= 4 is 11.8 Å². The smallest absolute Gasteiger partial charge is 0.245 e. The molecule has 2 atom stereocenters. The van der Waals surface area contributed by atoms with Gasteiger partial charge in [0.1, 0.15) is 12.1 Å². The van der Waals surface area contributed by atoms with Gasteiger partial charge in [0.15, 0.2) is 0 Å². The van der Waals surface area contributed by atoms with E-state index in [1.165, 1.54) is 0 Å². The van der Waals surface area contributed by atoms with Crippen LogP contribution in [0.5, 0.6) is 0 Å². The third kappa shape index (κ3) is 3.78. The number of piperazine rings is 1. The molecule has 4 nitrogen and oxygen atoms in total. The quantitative estimate of drug-likeness (QED) is 0.784. The molecule has 120 valence electrons. The van der Waals surface area contributed by atoms with Crippen LogP contribution in [0.1, 0.15) is 59.8 Å². The Kier molecular flexibility index (Phi) is 5.28. The van der Waals surface area contributed by atoms with Crippen molar-refractivity contribution in [1.29, 1.82) is 0 Å². The lowest BCUT2D eigenvalue weighted by molar-refractivity contribution is -0.151. The third-order valence-electron chi connectivity index (χ3n) is 4.89. The molecule has 0 radical (unpaired) electrons. The fourth-order valence-electron chi connectivity index (χ4n) is 3.34. The zero-order chi connectivity index (χ0) is 15.6. The van der Waals surface area contributed by atoms with Gasteiger partial charge in [-0.3, -0.25) is 9.59 Å². The first-order chi connectivity index (χ1) is 9.97. The van der Waals surface area contributed by atoms with Crippen molar-refractivity contribution in [3.8, 4) is 0 Å². The highest BCUT2D eigenvalue weighted by atomic mass is 16.2. The van der Waals surface area contributed by atoms with Crippen LogP contribution in [0.3, 0.4) is 0 Å². The summed E-state index contributed by atoms with van der Waals surface area (Å²) in [5.41, 5.74) is 0. The van der Waals surface area contributed by atoms with E-state index >= 15 is 0 Å². The normalized spacial score (nSPS) is 26.7. The molecule has 21 heavy (non-hydrogen) atoms. The van der Waals surface area contributed by atoms with E-state index in [0.717, 1.165) is 38.6 Å². The summed E-state index contributed by atoms with van der Waals surface area (Å²) in [4.78, 5) is 27.2. The first kappa shape index (κ1) is 16.3. The fraction of sp³-hybridized carbons (Fsp3) is 0.882. The van der Waals surface area contributed by atoms with Gasteiger partial charge in [0.25, 0.3) is 0 Å². The molecule has 2 rings (SSSR count). The lowest BCUT2D eigenvalue weighted by Gasteiger charge is -2.41. The molecule has 0 spiro atoms. The minimum atomic E-state index is -0.318. The van der Waals surface area contributed by atoms with Crippen LogP contribution in [0, 0.1) is 17.8 Å². The van der Waals surface area contributed by atoms with Crippen LogP contribution in [0.15, 0.2) is 0 Å². The summed E-state index contributed by atoms with van der Waals surface area (Å²) in [6.07, 6.45) is 5.03. The topological polar surface area (TPSA) is 49.4 Å². The summed E-state index contributed by atoms with van der Waals surface area (Å²) < 4.78 is 0. The Hall–Kier alpha value is -1.06. The Bertz CT molecular complexity index is 386. The highest BCUT2D eigenvalue weighted by molar-refractivity contribution is 5.97. The van der Waals surface area contributed by atoms with E-state index in [1.54, 1.807) is 0 Å². The minimum absolute atomic E-state index is 0.0775. The average Bonchev–Trinajstić information content (AvgIpc) is 3.24. The van der Waals surface area contributed by atoms with Gasteiger partial charge in [0.2, 0.25) is 11.8 Å². The fourth-order valence-corrected chi connectivity index (χ4v) is 3.34. The Labute approximate surface area is 128 Å². The van der Waals surface area contributed by atoms with Crippen LogP contribution in [-0.4, -0.2) is 35.3 Å². The number of rotatable bonds is 7. The maximum Gasteiger partial charge on any atom is 0.245 e. The van der Waals surface area contributed by atoms with E-state index in [-0.39, 0.29) is 23.9 Å². The van der Waals surface area contributed by atoms with Crippen LogP contribution in [0.2, 0.25) is 0 Å². The van der Waals surface area contributed by atoms with Gasteiger partial charge in [-0.25, -0.2) is 0 Å². The standard InChI is InChI=1S/C17H30N2O2/c1-5-12(6-2)10-19-15(13-7-8-13)16(20)18-14(17(19)21)9-11(3)4/h11-15H,5-10H2,1-4H3,(H,18,20). The Morgan fingerprint density at radius 2 is 1.81 bits per heavy atom. The first-order valence-electron chi connectivity index (χ1n) is 8.58. The SMILES string of the molecule is CCC(CC)CN1C(=O)C(CC(C)C)NC(=O)C1C1CC1. The van der Waals surface area contributed by atoms with Crippen LogP contribution in [0.25, 0.3) is 0 Å². The van der Waals surface area contributed by atoms with E-state index in [9.17, 15) is 9.59 Å². The van der Waals surface area contributed by atoms with Gasteiger partial charge in [0.05, 0.1) is 0 Å². The van der Waals surface area contributed by atoms with E-state index in [4.69, 9.17) is 0 Å². The second-order valence-corrected chi connectivity index (χ2v) is 7.15. The molecule has 1 aliphatic carbocycles. The van der Waals surface area contributed by atoms with E-state index in [1.807, 2.05) is 4.90 Å². The average molecular weight is 294 g/mol. The van der Waals surface area contributed by atoms with Gasteiger partial charge in [-0.2, -0.15) is 0 Å². The monoisotopic (exact) mass is 294 g/mol. The maximum atomic E-state index is 12.8. The van der Waals surface area contributed by atoms with E-state index in [2.05, 4.69) is 33.0 Å². The van der Waals surface area contributed by atoms with Crippen molar-refractivity contribution in [1.82, 2.24) is 10.2 Å². The van der Waals surface area contributed by atoms with Gasteiger partial charge >= 0.3 is 0 Å². The molecule has 1 heterocycles. The third-order valence-corrected chi connectivity index (χ3v) is 4.89. The molecule has 0 aromatic heterocycles. The molecule has 1 saturated carbocycles. The molecule has 1 saturated heterocycles. The Morgan fingerprint density at radius 3 is 2.29 bits per heavy atom. The van der Waals surface area contributed by atoms with Crippen LogP contribution < -0.4 is 5.32 Å². The summed E-state index contributed by atoms with van der Waals surface area (Å²) >= 11 is 0. The highest BCUT2D eigenvalue weighted by Crippen LogP contribution is 2.38. The van der Waals surface area contributed by atoms with Gasteiger partial charge < -0.3 is 10.2 Å². The van der Waals surface area contributed by atoms with Crippen LogP contribution in [0.4, 0.5) is 0 Å². The van der Waals surface area contributed by atoms with E-state index < -0.39 is 0 Å². The molecule has 2 fully saturated rings. The van der Waals surface area contributed by atoms with Gasteiger partial charge in [0, 0.05) is 6.54 Å². The number of nitrogens with one attached hydrogen (secondary N) is 1. The number of hydrogen-bond acceptors (Lipinski definition) is 2. The largest absolute Gasteiger partial charge is 0.342 e. The number of hydrogen-bond donors (Lipinski definition) is 1. The van der Waals surface area contributed by atoms with Crippen molar-refractivity contribution in [3.63, 3.8) is 0 Å². The molecule has 0 bridgehead atoms. The predicted octanol–water partition coefficient (Wildman–Crippen LogP) is 2.57. The molecule has 4 heteroatoms. The summed E-state index contributed by atoms with van der Waals surface area (Å²) in [7, 11) is 0. The summed E-state index contributed by atoms with van der Waals surface area (Å²) in [6, 6.07) is -0.525. The number of carbonyl (C=O) groups excluding carboxylic acids is 2. The molecular weight excluding hydrogens is 264 g/mol. The zero-order valence-electron chi connectivity index (χ0n) is 13.9. The molecule has 1 aliphatic heterocycles. The summed E-state index contributed by atoms with van der Waals surface area (Å²) in [5, 5.41) is 2.98. The molecule has 0 aromatic carbocycles. The van der Waals surface area contributed by atoms with Crippen molar-refractivity contribution < 1.29 is 9.59 Å². The molecule has 0 aromatic rings. The van der Waals surface area contributed by atoms with Crippen molar-refractivity contribution in [2.24, 2.45) is 17.8 Å². The number of amides is 2. The lowest BCUT2D eigenvalue weighted by atomic mass is 9.94. The number of carbonyl (C=O) groups is 2. The van der Waals surface area contributed by atoms with E-state index in [0.29, 0.717) is 17.8 Å². The zero-order valence-corrected chi connectivity index (χ0v) is 13.9. The molecule has 1 N–H and O–H groups in total.